The summed E-state index contributed by atoms with van der Waals surface area (Å²) >= 11 is 0. The molecule has 0 amide bonds. The van der Waals surface area contributed by atoms with Crippen LogP contribution < -0.4 is 5.32 Å². The maximum atomic E-state index is 12.7. The second-order valence-electron chi connectivity index (χ2n) is 5.40. The first kappa shape index (κ1) is 16.6. The lowest BCUT2D eigenvalue weighted by Gasteiger charge is -2.18. The van der Waals surface area contributed by atoms with E-state index in [1.54, 1.807) is 12.1 Å². The first-order valence-corrected chi connectivity index (χ1v) is 7.36. The summed E-state index contributed by atoms with van der Waals surface area (Å²) in [5.41, 5.74) is 1.55. The van der Waals surface area contributed by atoms with Crippen molar-refractivity contribution < 1.29 is 13.2 Å². The van der Waals surface area contributed by atoms with Gasteiger partial charge < -0.3 is 5.32 Å². The van der Waals surface area contributed by atoms with Crippen LogP contribution in [-0.2, 0) is 12.6 Å². The van der Waals surface area contributed by atoms with Crippen molar-refractivity contribution in [3.63, 3.8) is 0 Å². The van der Waals surface area contributed by atoms with E-state index >= 15 is 0 Å². The number of hydrogen-bond donors (Lipinski definition) is 1. The summed E-state index contributed by atoms with van der Waals surface area (Å²) in [5, 5.41) is 3.11. The van der Waals surface area contributed by atoms with Crippen LogP contribution in [0.25, 0.3) is 0 Å². The van der Waals surface area contributed by atoms with E-state index in [0.29, 0.717) is 0 Å². The maximum absolute atomic E-state index is 12.7. The Kier molecular flexibility index (Phi) is 5.61. The number of benzene rings is 2. The Morgan fingerprint density at radius 3 is 2.14 bits per heavy atom. The minimum atomic E-state index is -4.28. The molecular weight excluding hydrogens is 287 g/mol. The van der Waals surface area contributed by atoms with Crippen LogP contribution in [0.2, 0.25) is 0 Å². The third-order valence-corrected chi connectivity index (χ3v) is 3.78. The van der Waals surface area contributed by atoms with Gasteiger partial charge in [0.15, 0.2) is 0 Å². The molecule has 2 rings (SSSR count). The van der Waals surface area contributed by atoms with E-state index in [1.165, 1.54) is 17.7 Å². The average molecular weight is 307 g/mol. The summed E-state index contributed by atoms with van der Waals surface area (Å²) < 4.78 is 38.0. The molecule has 2 aromatic rings. The fraction of sp³-hybridized carbons (Fsp3) is 0.333. The standard InChI is InChI=1S/C18H20F3N/c1-22-12-11-16(13-14-5-3-2-4-6-14)15-7-9-17(10-8-15)18(19,20)21/h2-10,16,22H,11-13H2,1H3. The molecule has 0 saturated heterocycles. The second kappa shape index (κ2) is 7.45. The van der Waals surface area contributed by atoms with Crippen LogP contribution in [-0.4, -0.2) is 13.6 Å². The van der Waals surface area contributed by atoms with Crippen molar-refractivity contribution in [2.75, 3.05) is 13.6 Å². The van der Waals surface area contributed by atoms with E-state index in [4.69, 9.17) is 0 Å². The number of halogens is 3. The minimum Gasteiger partial charge on any atom is -0.320 e. The van der Waals surface area contributed by atoms with Crippen LogP contribution >= 0.6 is 0 Å². The van der Waals surface area contributed by atoms with Gasteiger partial charge in [0.1, 0.15) is 0 Å². The van der Waals surface area contributed by atoms with Gasteiger partial charge in [0.05, 0.1) is 5.56 Å². The summed E-state index contributed by atoms with van der Waals surface area (Å²) in [5.74, 6) is 0.206. The molecule has 0 aromatic heterocycles. The predicted octanol–water partition coefficient (Wildman–Crippen LogP) is 4.64. The number of hydrogen-bond acceptors (Lipinski definition) is 1. The highest BCUT2D eigenvalue weighted by Crippen LogP contribution is 2.31. The van der Waals surface area contributed by atoms with Crippen molar-refractivity contribution in [2.45, 2.75) is 24.9 Å². The third kappa shape index (κ3) is 4.60. The van der Waals surface area contributed by atoms with Crippen molar-refractivity contribution in [2.24, 2.45) is 0 Å². The monoisotopic (exact) mass is 307 g/mol. The van der Waals surface area contributed by atoms with Crippen LogP contribution in [0.3, 0.4) is 0 Å². The van der Waals surface area contributed by atoms with E-state index in [9.17, 15) is 13.2 Å². The van der Waals surface area contributed by atoms with Gasteiger partial charge >= 0.3 is 6.18 Å². The molecule has 0 heterocycles. The SMILES string of the molecule is CNCCC(Cc1ccccc1)c1ccc(C(F)(F)F)cc1. The molecule has 1 nitrogen and oxygen atoms in total. The van der Waals surface area contributed by atoms with Gasteiger partial charge in [0, 0.05) is 0 Å². The summed E-state index contributed by atoms with van der Waals surface area (Å²) in [6.07, 6.45) is -2.57. The lowest BCUT2D eigenvalue weighted by atomic mass is 9.89. The van der Waals surface area contributed by atoms with E-state index in [1.807, 2.05) is 25.2 Å². The average Bonchev–Trinajstić information content (AvgIpc) is 2.52. The maximum Gasteiger partial charge on any atom is 0.416 e. The summed E-state index contributed by atoms with van der Waals surface area (Å²) in [6.45, 7) is 0.832. The zero-order valence-electron chi connectivity index (χ0n) is 12.5. The Balaban J connectivity index is 2.17. The fourth-order valence-electron chi connectivity index (χ4n) is 2.55. The lowest BCUT2D eigenvalue weighted by Crippen LogP contribution is -2.14. The summed E-state index contributed by atoms with van der Waals surface area (Å²) in [4.78, 5) is 0. The van der Waals surface area contributed by atoms with Gasteiger partial charge in [-0.2, -0.15) is 13.2 Å². The molecule has 2 aromatic carbocycles. The third-order valence-electron chi connectivity index (χ3n) is 3.78. The summed E-state index contributed by atoms with van der Waals surface area (Å²) in [6, 6.07) is 15.6. The molecule has 1 unspecified atom stereocenters. The molecule has 0 radical (unpaired) electrons. The van der Waals surface area contributed by atoms with Crippen LogP contribution in [0.15, 0.2) is 54.6 Å². The van der Waals surface area contributed by atoms with Crippen LogP contribution in [0.5, 0.6) is 0 Å². The van der Waals surface area contributed by atoms with Crippen molar-refractivity contribution in [1.29, 1.82) is 0 Å². The van der Waals surface area contributed by atoms with Gasteiger partial charge in [-0.15, -0.1) is 0 Å². The molecule has 0 saturated carbocycles. The predicted molar refractivity (Wildman–Crippen MR) is 82.9 cm³/mol. The van der Waals surface area contributed by atoms with E-state index in [-0.39, 0.29) is 5.92 Å². The molecule has 0 bridgehead atoms. The second-order valence-corrected chi connectivity index (χ2v) is 5.40. The van der Waals surface area contributed by atoms with Crippen molar-refractivity contribution >= 4 is 0 Å². The zero-order valence-corrected chi connectivity index (χ0v) is 12.5. The minimum absolute atomic E-state index is 0.206. The first-order chi connectivity index (χ1) is 10.5. The van der Waals surface area contributed by atoms with Crippen molar-refractivity contribution in [1.82, 2.24) is 5.32 Å². The molecule has 1 N–H and O–H groups in total. The van der Waals surface area contributed by atoms with E-state index in [0.717, 1.165) is 24.9 Å². The number of nitrogens with one attached hydrogen (secondary N) is 1. The molecule has 4 heteroatoms. The fourth-order valence-corrected chi connectivity index (χ4v) is 2.55. The first-order valence-electron chi connectivity index (χ1n) is 7.36. The Morgan fingerprint density at radius 2 is 1.59 bits per heavy atom. The largest absolute Gasteiger partial charge is 0.416 e. The van der Waals surface area contributed by atoms with E-state index in [2.05, 4.69) is 17.4 Å². The molecule has 0 spiro atoms. The topological polar surface area (TPSA) is 12.0 Å². The van der Waals surface area contributed by atoms with Crippen molar-refractivity contribution in [3.05, 3.63) is 71.3 Å². The quantitative estimate of drug-likeness (QED) is 0.819. The van der Waals surface area contributed by atoms with Crippen LogP contribution in [0.1, 0.15) is 29.0 Å². The van der Waals surface area contributed by atoms with Crippen LogP contribution in [0, 0.1) is 0 Å². The van der Waals surface area contributed by atoms with E-state index < -0.39 is 11.7 Å². The Morgan fingerprint density at radius 1 is 0.955 bits per heavy atom. The molecule has 0 fully saturated rings. The molecule has 22 heavy (non-hydrogen) atoms. The highest BCUT2D eigenvalue weighted by Gasteiger charge is 2.30. The van der Waals surface area contributed by atoms with Crippen LogP contribution in [0.4, 0.5) is 13.2 Å². The van der Waals surface area contributed by atoms with Gasteiger partial charge in [-0.25, -0.2) is 0 Å². The smallest absolute Gasteiger partial charge is 0.320 e. The number of rotatable bonds is 6. The Hall–Kier alpha value is -1.81. The number of alkyl halides is 3. The molecule has 0 aliphatic heterocycles. The summed E-state index contributed by atoms with van der Waals surface area (Å²) in [7, 11) is 1.88. The molecular formula is C18H20F3N. The highest BCUT2D eigenvalue weighted by atomic mass is 19.4. The zero-order chi connectivity index (χ0) is 16.0. The molecule has 1 atom stereocenters. The molecule has 0 aliphatic carbocycles. The Labute approximate surface area is 129 Å². The van der Waals surface area contributed by atoms with Gasteiger partial charge in [0.25, 0.3) is 0 Å². The molecule has 118 valence electrons. The van der Waals surface area contributed by atoms with Gasteiger partial charge in [-0.3, -0.25) is 0 Å². The van der Waals surface area contributed by atoms with Gasteiger partial charge in [0.2, 0.25) is 0 Å². The Bertz CT molecular complexity index is 561. The van der Waals surface area contributed by atoms with Gasteiger partial charge in [-0.1, -0.05) is 42.5 Å². The van der Waals surface area contributed by atoms with Crippen molar-refractivity contribution in [3.8, 4) is 0 Å². The normalized spacial score (nSPS) is 13.1. The molecule has 0 aliphatic rings. The highest BCUT2D eigenvalue weighted by molar-refractivity contribution is 5.29. The lowest BCUT2D eigenvalue weighted by molar-refractivity contribution is -0.137. The van der Waals surface area contributed by atoms with Gasteiger partial charge in [-0.05, 0) is 55.6 Å².